The summed E-state index contributed by atoms with van der Waals surface area (Å²) in [5.74, 6) is -3.40. The Labute approximate surface area is 331 Å². The largest absolute Gasteiger partial charge is 0.509 e. The summed E-state index contributed by atoms with van der Waals surface area (Å²) < 4.78 is 42.9. The number of benzene rings is 1. The Morgan fingerprint density at radius 1 is 1.02 bits per heavy atom. The second-order valence-electron chi connectivity index (χ2n) is 16.8. The van der Waals surface area contributed by atoms with Gasteiger partial charge in [-0.05, 0) is 86.5 Å². The fourth-order valence-electron chi connectivity index (χ4n) is 8.78. The van der Waals surface area contributed by atoms with Crippen molar-refractivity contribution < 1.29 is 57.4 Å². The van der Waals surface area contributed by atoms with Gasteiger partial charge in [-0.25, -0.2) is 9.59 Å². The molecule has 0 saturated carbocycles. The average molecular weight is 792 g/mol. The van der Waals surface area contributed by atoms with E-state index in [2.05, 4.69) is 5.32 Å². The van der Waals surface area contributed by atoms with Gasteiger partial charge in [0.2, 0.25) is 0 Å². The van der Waals surface area contributed by atoms with Gasteiger partial charge in [0, 0.05) is 32.0 Å². The number of aliphatic hydroxyl groups is 1. The van der Waals surface area contributed by atoms with Gasteiger partial charge >= 0.3 is 24.2 Å². The van der Waals surface area contributed by atoms with Gasteiger partial charge in [-0.1, -0.05) is 51.1 Å². The lowest BCUT2D eigenvalue weighted by Gasteiger charge is -2.47. The summed E-state index contributed by atoms with van der Waals surface area (Å²) in [6, 6.07) is 8.63. The van der Waals surface area contributed by atoms with Crippen LogP contribution in [-0.4, -0.2) is 133 Å². The lowest BCUT2D eigenvalue weighted by Crippen LogP contribution is -2.60. The van der Waals surface area contributed by atoms with Crippen LogP contribution in [0.1, 0.15) is 87.1 Å². The fourth-order valence-corrected chi connectivity index (χ4v) is 8.78. The molecule has 56 heavy (non-hydrogen) atoms. The highest BCUT2D eigenvalue weighted by atomic mass is 16.8. The zero-order valence-electron chi connectivity index (χ0n) is 35.2. The molecule has 3 fully saturated rings. The van der Waals surface area contributed by atoms with Gasteiger partial charge in [-0.15, -0.1) is 0 Å². The smallest absolute Gasteiger partial charge is 0.458 e. The SMILES string of the molecule is CC[C@H]1OC(=O)[C@H](C)[C@@H](OC(=O)NCc2ccccc2)[C@H](C)[C@@H](O[C@@H]2O[C@H](C)C[C@H](N(C)C)[C@H]2OC(C)=O)[C@](C)(O)C[C@@H](C)CN(C)[C@H](C)[C@H]2OC(=O)O[C@@]21C. The van der Waals surface area contributed by atoms with E-state index in [1.54, 1.807) is 27.7 Å². The minimum Gasteiger partial charge on any atom is -0.458 e. The normalized spacial score (nSPS) is 38.9. The van der Waals surface area contributed by atoms with Gasteiger partial charge in [0.1, 0.15) is 12.2 Å². The molecule has 0 aromatic heterocycles. The summed E-state index contributed by atoms with van der Waals surface area (Å²) in [5, 5.41) is 15.4. The molecular formula is C41H65N3O12. The number of rotatable bonds is 8. The van der Waals surface area contributed by atoms with Gasteiger partial charge < -0.3 is 48.5 Å². The highest BCUT2D eigenvalue weighted by Gasteiger charge is 2.58. The fraction of sp³-hybridized carbons (Fsp3) is 0.756. The number of hydrogen-bond acceptors (Lipinski definition) is 14. The van der Waals surface area contributed by atoms with Crippen molar-refractivity contribution >= 4 is 24.2 Å². The van der Waals surface area contributed by atoms with Crippen molar-refractivity contribution in [2.24, 2.45) is 17.8 Å². The summed E-state index contributed by atoms with van der Waals surface area (Å²) in [5.41, 5.74) is -2.13. The predicted octanol–water partition coefficient (Wildman–Crippen LogP) is 4.66. The molecule has 0 unspecified atom stereocenters. The number of amides is 1. The summed E-state index contributed by atoms with van der Waals surface area (Å²) in [7, 11) is 5.66. The number of ether oxygens (including phenoxy) is 7. The Morgan fingerprint density at radius 2 is 1.68 bits per heavy atom. The summed E-state index contributed by atoms with van der Waals surface area (Å²) >= 11 is 0. The number of esters is 2. The number of cyclic esters (lactones) is 1. The first-order valence-electron chi connectivity index (χ1n) is 19.8. The van der Waals surface area contributed by atoms with E-state index in [9.17, 15) is 24.3 Å². The highest BCUT2D eigenvalue weighted by Crippen LogP contribution is 2.40. The molecule has 0 spiro atoms. The van der Waals surface area contributed by atoms with E-state index >= 15 is 0 Å². The minimum atomic E-state index is -1.63. The van der Waals surface area contributed by atoms with E-state index in [-0.39, 0.29) is 43.5 Å². The zero-order valence-corrected chi connectivity index (χ0v) is 35.2. The number of hydrogen-bond donors (Lipinski definition) is 2. The molecule has 15 heteroatoms. The molecule has 316 valence electrons. The van der Waals surface area contributed by atoms with Crippen LogP contribution in [0.15, 0.2) is 30.3 Å². The van der Waals surface area contributed by atoms with Gasteiger partial charge in [0.15, 0.2) is 24.1 Å². The second kappa shape index (κ2) is 18.8. The number of likely N-dealkylation sites (N-methyl/N-ethyl adjacent to an activating group) is 2. The molecule has 14 atom stereocenters. The van der Waals surface area contributed by atoms with Crippen LogP contribution in [0.25, 0.3) is 0 Å². The van der Waals surface area contributed by atoms with E-state index in [1.807, 2.05) is 89.0 Å². The lowest BCUT2D eigenvalue weighted by atomic mass is 9.77. The van der Waals surface area contributed by atoms with E-state index in [0.29, 0.717) is 13.0 Å². The Morgan fingerprint density at radius 3 is 2.29 bits per heavy atom. The first-order chi connectivity index (χ1) is 26.2. The van der Waals surface area contributed by atoms with E-state index in [1.165, 1.54) is 6.92 Å². The molecule has 0 radical (unpaired) electrons. The molecule has 0 bridgehead atoms. The Kier molecular flexibility index (Phi) is 15.2. The highest BCUT2D eigenvalue weighted by molar-refractivity contribution is 5.74. The first-order valence-corrected chi connectivity index (χ1v) is 19.8. The molecular weight excluding hydrogens is 726 g/mol. The molecule has 0 aliphatic carbocycles. The number of carbonyl (C=O) groups excluding carboxylic acids is 4. The van der Waals surface area contributed by atoms with Crippen LogP contribution >= 0.6 is 0 Å². The standard InChI is InChI=1S/C41H65N3O12/c1-13-31-41(9)35(55-39(48)56-41)27(6)44(12)22-23(2)20-40(8,49)34(54-37-33(51-28(7)45)30(43(10)11)19-24(3)50-37)25(4)32(26(5)36(46)52-31)53-38(47)42-21-29-17-15-14-16-18-29/h14-18,23-27,30-35,37,49H,13,19-22H2,1-12H3,(H,42,47)/t23-,24-,25+,26-,27-,30+,31-,32+,33-,34-,35-,37+,40-,41-/m1/s1. The number of nitrogens with one attached hydrogen (secondary N) is 1. The molecule has 1 amide bonds. The van der Waals surface area contributed by atoms with Crippen molar-refractivity contribution in [2.75, 3.05) is 27.7 Å². The third-order valence-electron chi connectivity index (χ3n) is 11.7. The van der Waals surface area contributed by atoms with Crippen LogP contribution in [0.5, 0.6) is 0 Å². The van der Waals surface area contributed by atoms with Crippen molar-refractivity contribution in [1.82, 2.24) is 15.1 Å². The quantitative estimate of drug-likeness (QED) is 0.275. The Balaban J connectivity index is 1.81. The van der Waals surface area contributed by atoms with Gasteiger partial charge in [0.05, 0.1) is 29.8 Å². The first kappa shape index (κ1) is 45.2. The molecule has 1 aromatic carbocycles. The lowest BCUT2D eigenvalue weighted by molar-refractivity contribution is -0.301. The molecule has 3 saturated heterocycles. The Bertz CT molecular complexity index is 1490. The third-order valence-corrected chi connectivity index (χ3v) is 11.7. The van der Waals surface area contributed by atoms with Crippen molar-refractivity contribution in [3.63, 3.8) is 0 Å². The number of nitrogens with zero attached hydrogens (tertiary/aromatic N) is 2. The molecule has 3 aliphatic heterocycles. The van der Waals surface area contributed by atoms with Gasteiger partial charge in [-0.3, -0.25) is 14.5 Å². The second-order valence-corrected chi connectivity index (χ2v) is 16.8. The van der Waals surface area contributed by atoms with E-state index in [4.69, 9.17) is 33.2 Å². The predicted molar refractivity (Wildman–Crippen MR) is 205 cm³/mol. The Hall–Kier alpha value is -3.50. The van der Waals surface area contributed by atoms with Crippen molar-refractivity contribution in [3.8, 4) is 0 Å². The van der Waals surface area contributed by atoms with Crippen LogP contribution in [0.4, 0.5) is 9.59 Å². The van der Waals surface area contributed by atoms with Crippen molar-refractivity contribution in [2.45, 2.75) is 154 Å². The van der Waals surface area contributed by atoms with Gasteiger partial charge in [-0.2, -0.15) is 0 Å². The summed E-state index contributed by atoms with van der Waals surface area (Å²) in [6.07, 6.45) is -7.00. The molecule has 1 aromatic rings. The molecule has 4 rings (SSSR count). The average Bonchev–Trinajstić information content (AvgIpc) is 3.43. The number of carbonyl (C=O) groups is 4. The maximum Gasteiger partial charge on any atom is 0.509 e. The third kappa shape index (κ3) is 10.7. The summed E-state index contributed by atoms with van der Waals surface area (Å²) in [6.45, 7) is 16.2. The minimum absolute atomic E-state index is 0.160. The van der Waals surface area contributed by atoms with E-state index < -0.39 is 84.0 Å². The summed E-state index contributed by atoms with van der Waals surface area (Å²) in [4.78, 5) is 57.1. The van der Waals surface area contributed by atoms with E-state index in [0.717, 1.165) is 5.56 Å². The molecule has 2 N–H and O–H groups in total. The van der Waals surface area contributed by atoms with Crippen LogP contribution in [-0.2, 0) is 49.3 Å². The number of alkyl carbamates (subject to hydrolysis) is 1. The van der Waals surface area contributed by atoms with Crippen LogP contribution < -0.4 is 5.32 Å². The van der Waals surface area contributed by atoms with Crippen LogP contribution in [0.3, 0.4) is 0 Å². The van der Waals surface area contributed by atoms with Crippen molar-refractivity contribution in [3.05, 3.63) is 35.9 Å². The van der Waals surface area contributed by atoms with Crippen molar-refractivity contribution in [1.29, 1.82) is 0 Å². The van der Waals surface area contributed by atoms with Crippen LogP contribution in [0, 0.1) is 17.8 Å². The molecule has 3 aliphatic rings. The molecule has 15 nitrogen and oxygen atoms in total. The molecule has 3 heterocycles. The topological polar surface area (TPSA) is 172 Å². The number of fused-ring (bicyclic) bond motifs is 1. The van der Waals surface area contributed by atoms with Gasteiger partial charge in [0.25, 0.3) is 0 Å². The monoisotopic (exact) mass is 791 g/mol. The maximum absolute atomic E-state index is 14.3. The maximum atomic E-state index is 14.3. The zero-order chi connectivity index (χ0) is 41.7. The van der Waals surface area contributed by atoms with Crippen LogP contribution in [0.2, 0.25) is 0 Å².